The van der Waals surface area contributed by atoms with E-state index in [0.29, 0.717) is 5.11 Å². The molecule has 1 aliphatic rings. The molecule has 4 heteroatoms. The summed E-state index contributed by atoms with van der Waals surface area (Å²) < 4.78 is 0. The average Bonchev–Trinajstić information content (AvgIpc) is 2.07. The minimum Gasteiger partial charge on any atom is -0.351 e. The van der Waals surface area contributed by atoms with Crippen LogP contribution in [-0.4, -0.2) is 28.0 Å². The molecule has 62 valence electrons. The van der Waals surface area contributed by atoms with Crippen molar-refractivity contribution >= 4 is 23.2 Å². The third-order valence-corrected chi connectivity index (χ3v) is 2.00. The van der Waals surface area contributed by atoms with Crippen LogP contribution < -0.4 is 5.32 Å². The molecule has 1 saturated heterocycles. The number of rotatable bonds is 1. The molecule has 0 aromatic rings. The number of carbonyl (C=O) groups is 1. The third-order valence-electron chi connectivity index (χ3n) is 1.68. The van der Waals surface area contributed by atoms with E-state index in [2.05, 4.69) is 5.32 Å². The summed E-state index contributed by atoms with van der Waals surface area (Å²) in [5.74, 6) is 0.0741. The van der Waals surface area contributed by atoms with E-state index in [-0.39, 0.29) is 18.0 Å². The summed E-state index contributed by atoms with van der Waals surface area (Å²) in [5, 5.41) is 3.46. The van der Waals surface area contributed by atoms with E-state index < -0.39 is 0 Å². The molecule has 1 atom stereocenters. The third kappa shape index (κ3) is 1.35. The zero-order valence-corrected chi connectivity index (χ0v) is 7.73. The minimum atomic E-state index is -0.148. The fraction of sp³-hybridized carbons (Fsp3) is 0.714. The fourth-order valence-corrected chi connectivity index (χ4v) is 1.59. The van der Waals surface area contributed by atoms with Gasteiger partial charge < -0.3 is 5.32 Å². The van der Waals surface area contributed by atoms with Crippen molar-refractivity contribution in [1.29, 1.82) is 0 Å². The number of hydrogen-bond acceptors (Lipinski definition) is 2. The summed E-state index contributed by atoms with van der Waals surface area (Å²) in [4.78, 5) is 12.9. The van der Waals surface area contributed by atoms with Crippen molar-refractivity contribution < 1.29 is 4.79 Å². The summed E-state index contributed by atoms with van der Waals surface area (Å²) in [6.07, 6.45) is 0. The standard InChI is InChI=1S/C7H12N2OS/c1-4(2)9-6(10)5(3)8-7(9)11/h4-5H,1-3H3,(H,8,11). The number of carbonyl (C=O) groups excluding carboxylic acids is 1. The van der Waals surface area contributed by atoms with E-state index in [1.165, 1.54) is 0 Å². The molecule has 11 heavy (non-hydrogen) atoms. The summed E-state index contributed by atoms with van der Waals surface area (Å²) in [5.41, 5.74) is 0. The maximum atomic E-state index is 11.3. The van der Waals surface area contributed by atoms with Gasteiger partial charge in [-0.05, 0) is 33.0 Å². The molecule has 1 N–H and O–H groups in total. The SMILES string of the molecule is CC1NC(=S)N(C(C)C)C1=O. The van der Waals surface area contributed by atoms with Gasteiger partial charge in [0.1, 0.15) is 6.04 Å². The van der Waals surface area contributed by atoms with E-state index in [0.717, 1.165) is 0 Å². The molecule has 0 spiro atoms. The highest BCUT2D eigenvalue weighted by atomic mass is 32.1. The van der Waals surface area contributed by atoms with Gasteiger partial charge >= 0.3 is 0 Å². The first-order valence-electron chi connectivity index (χ1n) is 3.67. The highest BCUT2D eigenvalue weighted by Crippen LogP contribution is 2.09. The number of amides is 1. The Kier molecular flexibility index (Phi) is 2.13. The second-order valence-electron chi connectivity index (χ2n) is 2.97. The maximum Gasteiger partial charge on any atom is 0.251 e. The van der Waals surface area contributed by atoms with Crippen LogP contribution in [0.3, 0.4) is 0 Å². The predicted octanol–water partition coefficient (Wildman–Crippen LogP) is 0.500. The second-order valence-corrected chi connectivity index (χ2v) is 3.36. The van der Waals surface area contributed by atoms with E-state index >= 15 is 0 Å². The Bertz CT molecular complexity index is 203. The average molecular weight is 172 g/mol. The van der Waals surface area contributed by atoms with Crippen molar-refractivity contribution in [3.63, 3.8) is 0 Å². The second kappa shape index (κ2) is 2.77. The quantitative estimate of drug-likeness (QED) is 0.585. The van der Waals surface area contributed by atoms with Crippen molar-refractivity contribution in [1.82, 2.24) is 10.2 Å². The van der Waals surface area contributed by atoms with Crippen molar-refractivity contribution in [3.8, 4) is 0 Å². The number of nitrogens with zero attached hydrogens (tertiary/aromatic N) is 1. The first-order chi connectivity index (χ1) is 5.04. The van der Waals surface area contributed by atoms with Gasteiger partial charge in [0.05, 0.1) is 0 Å². The number of thiocarbonyl (C=S) groups is 1. The Morgan fingerprint density at radius 3 is 2.36 bits per heavy atom. The van der Waals surface area contributed by atoms with E-state index in [9.17, 15) is 4.79 Å². The van der Waals surface area contributed by atoms with Crippen molar-refractivity contribution in [2.75, 3.05) is 0 Å². The van der Waals surface area contributed by atoms with E-state index in [1.807, 2.05) is 20.8 Å². The molecule has 0 aromatic heterocycles. The number of nitrogens with one attached hydrogen (secondary N) is 1. The Labute approximate surface area is 71.8 Å². The molecule has 1 unspecified atom stereocenters. The number of hydrogen-bond donors (Lipinski definition) is 1. The van der Waals surface area contributed by atoms with Crippen molar-refractivity contribution in [2.24, 2.45) is 0 Å². The van der Waals surface area contributed by atoms with Crippen LogP contribution in [0.2, 0.25) is 0 Å². The lowest BCUT2D eigenvalue weighted by atomic mass is 10.3. The normalized spacial score (nSPS) is 24.7. The first-order valence-corrected chi connectivity index (χ1v) is 4.08. The highest BCUT2D eigenvalue weighted by Gasteiger charge is 2.33. The van der Waals surface area contributed by atoms with E-state index in [1.54, 1.807) is 4.90 Å². The molecule has 1 amide bonds. The molecule has 0 aliphatic carbocycles. The van der Waals surface area contributed by atoms with Gasteiger partial charge in [0.2, 0.25) is 0 Å². The largest absolute Gasteiger partial charge is 0.351 e. The minimum absolute atomic E-state index is 0.0741. The smallest absolute Gasteiger partial charge is 0.251 e. The summed E-state index contributed by atoms with van der Waals surface area (Å²) in [6, 6.07) is 0.0114. The summed E-state index contributed by atoms with van der Waals surface area (Å²) >= 11 is 4.96. The van der Waals surface area contributed by atoms with Gasteiger partial charge in [-0.3, -0.25) is 9.69 Å². The molecule has 0 aromatic carbocycles. The Morgan fingerprint density at radius 2 is 2.18 bits per heavy atom. The van der Waals surface area contributed by atoms with Crippen LogP contribution >= 0.6 is 12.2 Å². The molecule has 1 aliphatic heterocycles. The monoisotopic (exact) mass is 172 g/mol. The molecule has 1 fully saturated rings. The lowest BCUT2D eigenvalue weighted by Gasteiger charge is -2.18. The highest BCUT2D eigenvalue weighted by molar-refractivity contribution is 7.80. The Balaban J connectivity index is 2.80. The predicted molar refractivity (Wildman–Crippen MR) is 47.2 cm³/mol. The molecule has 0 bridgehead atoms. The van der Waals surface area contributed by atoms with Crippen LogP contribution in [0.5, 0.6) is 0 Å². The van der Waals surface area contributed by atoms with Crippen molar-refractivity contribution in [2.45, 2.75) is 32.9 Å². The van der Waals surface area contributed by atoms with Gasteiger partial charge in [0, 0.05) is 6.04 Å². The Hall–Kier alpha value is -0.640. The van der Waals surface area contributed by atoms with E-state index in [4.69, 9.17) is 12.2 Å². The molecule has 3 nitrogen and oxygen atoms in total. The molecule has 0 radical (unpaired) electrons. The van der Waals surface area contributed by atoms with Gasteiger partial charge in [-0.25, -0.2) is 0 Å². The zero-order chi connectivity index (χ0) is 8.59. The van der Waals surface area contributed by atoms with Gasteiger partial charge in [-0.2, -0.15) is 0 Å². The van der Waals surface area contributed by atoms with Gasteiger partial charge in [-0.15, -0.1) is 0 Å². The molecular formula is C7H12N2OS. The molecule has 1 heterocycles. The fourth-order valence-electron chi connectivity index (χ4n) is 1.11. The van der Waals surface area contributed by atoms with Crippen LogP contribution in [0, 0.1) is 0 Å². The van der Waals surface area contributed by atoms with Gasteiger partial charge in [0.25, 0.3) is 5.91 Å². The lowest BCUT2D eigenvalue weighted by molar-refractivity contribution is -0.127. The van der Waals surface area contributed by atoms with Gasteiger partial charge in [0.15, 0.2) is 5.11 Å². The molecule has 0 saturated carbocycles. The van der Waals surface area contributed by atoms with Crippen LogP contribution in [-0.2, 0) is 4.79 Å². The van der Waals surface area contributed by atoms with Gasteiger partial charge in [-0.1, -0.05) is 0 Å². The summed E-state index contributed by atoms with van der Waals surface area (Å²) in [7, 11) is 0. The van der Waals surface area contributed by atoms with Crippen LogP contribution in [0.4, 0.5) is 0 Å². The van der Waals surface area contributed by atoms with Crippen LogP contribution in [0.25, 0.3) is 0 Å². The van der Waals surface area contributed by atoms with Crippen LogP contribution in [0.15, 0.2) is 0 Å². The first kappa shape index (κ1) is 8.46. The topological polar surface area (TPSA) is 32.3 Å². The van der Waals surface area contributed by atoms with Crippen LogP contribution in [0.1, 0.15) is 20.8 Å². The molecular weight excluding hydrogens is 160 g/mol. The zero-order valence-electron chi connectivity index (χ0n) is 6.92. The van der Waals surface area contributed by atoms with Crippen molar-refractivity contribution in [3.05, 3.63) is 0 Å². The summed E-state index contributed by atoms with van der Waals surface area (Å²) in [6.45, 7) is 5.71. The Morgan fingerprint density at radius 1 is 1.64 bits per heavy atom. The molecule has 1 rings (SSSR count). The lowest BCUT2D eigenvalue weighted by Crippen LogP contribution is -2.36. The maximum absolute atomic E-state index is 11.3.